The summed E-state index contributed by atoms with van der Waals surface area (Å²) in [5.74, 6) is -0.482. The first-order chi connectivity index (χ1) is 14.6. The molecule has 1 atom stereocenters. The van der Waals surface area contributed by atoms with Crippen LogP contribution in [0.2, 0.25) is 0 Å². The van der Waals surface area contributed by atoms with Crippen LogP contribution in [0, 0.1) is 0 Å². The second-order valence-corrected chi connectivity index (χ2v) is 7.55. The van der Waals surface area contributed by atoms with E-state index < -0.39 is 11.9 Å². The van der Waals surface area contributed by atoms with Crippen molar-refractivity contribution in [1.82, 2.24) is 0 Å². The van der Waals surface area contributed by atoms with E-state index in [1.807, 2.05) is 0 Å². The molecule has 2 aromatic carbocycles. The van der Waals surface area contributed by atoms with Crippen LogP contribution in [0.1, 0.15) is 33.6 Å². The molecule has 1 aliphatic heterocycles. The zero-order valence-corrected chi connectivity index (χ0v) is 18.2. The molecule has 0 bridgehead atoms. The van der Waals surface area contributed by atoms with Gasteiger partial charge in [-0.25, -0.2) is 9.59 Å². The van der Waals surface area contributed by atoms with Gasteiger partial charge in [0.1, 0.15) is 30.3 Å². The summed E-state index contributed by atoms with van der Waals surface area (Å²) in [5.41, 5.74) is 0.552. The van der Waals surface area contributed by atoms with Crippen molar-refractivity contribution in [3.05, 3.63) is 58.1 Å². The maximum absolute atomic E-state index is 12.7. The molecule has 0 spiro atoms. The molecule has 1 saturated heterocycles. The van der Waals surface area contributed by atoms with Crippen LogP contribution in [0.5, 0.6) is 11.5 Å². The van der Waals surface area contributed by atoms with Gasteiger partial charge in [-0.05, 0) is 49.2 Å². The first-order valence-corrected chi connectivity index (χ1v) is 10.4. The topological polar surface area (TPSA) is 80.3 Å². The summed E-state index contributed by atoms with van der Waals surface area (Å²) in [6.07, 6.45) is 1.80. The Bertz CT molecular complexity index is 878. The molecule has 1 aliphatic rings. The Kier molecular flexibility index (Phi) is 8.24. The Morgan fingerprint density at radius 1 is 1.13 bits per heavy atom. The number of carbonyl (C=O) groups is 2. The average molecular weight is 479 g/mol. The first-order valence-electron chi connectivity index (χ1n) is 9.59. The van der Waals surface area contributed by atoms with Crippen LogP contribution in [0.15, 0.2) is 46.9 Å². The van der Waals surface area contributed by atoms with E-state index in [1.54, 1.807) is 43.5 Å². The van der Waals surface area contributed by atoms with Crippen LogP contribution in [-0.4, -0.2) is 51.6 Å². The van der Waals surface area contributed by atoms with Crippen LogP contribution >= 0.6 is 15.9 Å². The van der Waals surface area contributed by atoms with Crippen LogP contribution in [-0.2, 0) is 14.2 Å². The summed E-state index contributed by atoms with van der Waals surface area (Å²) in [6, 6.07) is 11.4. The van der Waals surface area contributed by atoms with Gasteiger partial charge in [0.2, 0.25) is 0 Å². The number of ether oxygens (including phenoxy) is 5. The van der Waals surface area contributed by atoms with E-state index in [0.29, 0.717) is 35.6 Å². The molecule has 0 amide bonds. The summed E-state index contributed by atoms with van der Waals surface area (Å²) in [5, 5.41) is 0. The van der Waals surface area contributed by atoms with Gasteiger partial charge >= 0.3 is 11.9 Å². The lowest BCUT2D eigenvalue weighted by atomic mass is 10.2. The largest absolute Gasteiger partial charge is 0.490 e. The molecule has 30 heavy (non-hydrogen) atoms. The van der Waals surface area contributed by atoms with Gasteiger partial charge in [0.25, 0.3) is 0 Å². The van der Waals surface area contributed by atoms with E-state index in [9.17, 15) is 9.59 Å². The number of carbonyl (C=O) groups excluding carboxylic acids is 2. The highest BCUT2D eigenvalue weighted by Gasteiger charge is 2.19. The lowest BCUT2D eigenvalue weighted by Gasteiger charge is -2.12. The minimum absolute atomic E-state index is 0.0528. The molecular weight excluding hydrogens is 456 g/mol. The van der Waals surface area contributed by atoms with Crippen LogP contribution in [0.25, 0.3) is 0 Å². The molecule has 0 aliphatic carbocycles. The molecule has 7 nitrogen and oxygen atoms in total. The summed E-state index contributed by atoms with van der Waals surface area (Å²) in [7, 11) is 1.57. The van der Waals surface area contributed by atoms with Gasteiger partial charge in [-0.15, -0.1) is 0 Å². The summed E-state index contributed by atoms with van der Waals surface area (Å²) in [4.78, 5) is 25.0. The number of rotatable bonds is 9. The summed E-state index contributed by atoms with van der Waals surface area (Å²) in [6.45, 7) is 1.59. The van der Waals surface area contributed by atoms with E-state index in [4.69, 9.17) is 23.7 Å². The van der Waals surface area contributed by atoms with Crippen LogP contribution in [0.3, 0.4) is 0 Å². The molecule has 3 rings (SSSR count). The number of hydrogen-bond acceptors (Lipinski definition) is 7. The standard InChI is InChI=1S/C22H23BrO7/c1-26-10-11-28-20-8-7-16(23)13-19(20)22(25)30-17-5-2-4-15(12-17)21(24)29-14-18-6-3-9-27-18/h2,4-5,7-8,12-13,18H,3,6,9-11,14H2,1H3. The Balaban J connectivity index is 1.66. The van der Waals surface area contributed by atoms with Gasteiger partial charge < -0.3 is 23.7 Å². The molecule has 0 saturated carbocycles. The van der Waals surface area contributed by atoms with Gasteiger partial charge in [-0.3, -0.25) is 0 Å². The zero-order chi connectivity index (χ0) is 21.3. The minimum Gasteiger partial charge on any atom is -0.490 e. The Labute approximate surface area is 183 Å². The molecule has 0 radical (unpaired) electrons. The summed E-state index contributed by atoms with van der Waals surface area (Å²) >= 11 is 3.35. The highest BCUT2D eigenvalue weighted by molar-refractivity contribution is 9.10. The van der Waals surface area contributed by atoms with Crippen LogP contribution < -0.4 is 9.47 Å². The number of esters is 2. The third-order valence-electron chi connectivity index (χ3n) is 4.41. The fraction of sp³-hybridized carbons (Fsp3) is 0.364. The van der Waals surface area contributed by atoms with Crippen molar-refractivity contribution < 1.29 is 33.3 Å². The van der Waals surface area contributed by atoms with Gasteiger partial charge in [0.05, 0.1) is 18.3 Å². The first kappa shape index (κ1) is 22.3. The highest BCUT2D eigenvalue weighted by atomic mass is 79.9. The third-order valence-corrected chi connectivity index (χ3v) is 4.90. The van der Waals surface area contributed by atoms with Gasteiger partial charge in [-0.2, -0.15) is 0 Å². The lowest BCUT2D eigenvalue weighted by molar-refractivity contribution is 0.0161. The fourth-order valence-electron chi connectivity index (χ4n) is 2.90. The molecule has 1 heterocycles. The maximum Gasteiger partial charge on any atom is 0.347 e. The molecule has 0 aromatic heterocycles. The smallest absolute Gasteiger partial charge is 0.347 e. The zero-order valence-electron chi connectivity index (χ0n) is 16.6. The second kappa shape index (κ2) is 11.1. The van der Waals surface area contributed by atoms with Crippen molar-refractivity contribution in [2.75, 3.05) is 33.5 Å². The van der Waals surface area contributed by atoms with E-state index in [-0.39, 0.29) is 24.0 Å². The average Bonchev–Trinajstić information content (AvgIpc) is 3.27. The monoisotopic (exact) mass is 478 g/mol. The van der Waals surface area contributed by atoms with Crippen molar-refractivity contribution in [3.8, 4) is 11.5 Å². The molecule has 1 fully saturated rings. The predicted molar refractivity (Wildman–Crippen MR) is 112 cm³/mol. The number of methoxy groups -OCH3 is 1. The SMILES string of the molecule is COCCOc1ccc(Br)cc1C(=O)Oc1cccc(C(=O)OCC2CCCO2)c1. The Hall–Kier alpha value is -2.42. The fourth-order valence-corrected chi connectivity index (χ4v) is 3.26. The number of benzene rings is 2. The van der Waals surface area contributed by atoms with Gasteiger partial charge in [0.15, 0.2) is 0 Å². The van der Waals surface area contributed by atoms with Crippen molar-refractivity contribution in [2.45, 2.75) is 18.9 Å². The predicted octanol–water partition coefficient (Wildman–Crippen LogP) is 4.03. The number of hydrogen-bond donors (Lipinski definition) is 0. The summed E-state index contributed by atoms with van der Waals surface area (Å²) < 4.78 is 27.5. The maximum atomic E-state index is 12.7. The van der Waals surface area contributed by atoms with Crippen LogP contribution in [0.4, 0.5) is 0 Å². The second-order valence-electron chi connectivity index (χ2n) is 6.63. The van der Waals surface area contributed by atoms with E-state index in [2.05, 4.69) is 15.9 Å². The normalized spacial score (nSPS) is 15.6. The third kappa shape index (κ3) is 6.29. The molecule has 2 aromatic rings. The molecule has 0 N–H and O–H groups in total. The quantitative estimate of drug-likeness (QED) is 0.305. The van der Waals surface area contributed by atoms with Crippen molar-refractivity contribution >= 4 is 27.9 Å². The van der Waals surface area contributed by atoms with Gasteiger partial charge in [0, 0.05) is 18.2 Å². The molecule has 160 valence electrons. The van der Waals surface area contributed by atoms with Crippen molar-refractivity contribution in [2.24, 2.45) is 0 Å². The van der Waals surface area contributed by atoms with Crippen molar-refractivity contribution in [3.63, 3.8) is 0 Å². The van der Waals surface area contributed by atoms with E-state index in [1.165, 1.54) is 6.07 Å². The number of halogens is 1. The van der Waals surface area contributed by atoms with E-state index >= 15 is 0 Å². The Morgan fingerprint density at radius 2 is 2.00 bits per heavy atom. The minimum atomic E-state index is -0.603. The molecule has 8 heteroatoms. The molecular formula is C22H23BrO7. The van der Waals surface area contributed by atoms with E-state index in [0.717, 1.165) is 12.8 Å². The highest BCUT2D eigenvalue weighted by Crippen LogP contribution is 2.25. The molecule has 1 unspecified atom stereocenters. The van der Waals surface area contributed by atoms with Gasteiger partial charge in [-0.1, -0.05) is 22.0 Å². The van der Waals surface area contributed by atoms with Crippen molar-refractivity contribution in [1.29, 1.82) is 0 Å². The Morgan fingerprint density at radius 3 is 2.77 bits per heavy atom. The lowest BCUT2D eigenvalue weighted by Crippen LogP contribution is -2.18.